The third-order valence-corrected chi connectivity index (χ3v) is 7.20. The third kappa shape index (κ3) is 7.00. The predicted molar refractivity (Wildman–Crippen MR) is 153 cm³/mol. The van der Waals surface area contributed by atoms with Gasteiger partial charge in [0.2, 0.25) is 11.2 Å². The Morgan fingerprint density at radius 2 is 1.58 bits per heavy atom. The third-order valence-electron chi connectivity index (χ3n) is 7.20. The number of carbonyl (C=O) groups is 1. The first-order valence-electron chi connectivity index (χ1n) is 14.0. The summed E-state index contributed by atoms with van der Waals surface area (Å²) in [5.41, 5.74) is 0.0911. The highest BCUT2D eigenvalue weighted by molar-refractivity contribution is 5.89. The van der Waals surface area contributed by atoms with Crippen LogP contribution in [0.1, 0.15) is 40.6 Å². The standard InChI is InChI=1S/C32H31F3N2O6/c1-2-18-41-31(40)22-8-10-23(11-9-22)42-29-27(39)24-12-13-26(38)25(28(24)43-30(29)32(33,34)35)20-37-16-14-36(15-17-37)19-21-6-4-3-5-7-21/h3-13,38H,2,14-20H2,1H3. The lowest BCUT2D eigenvalue weighted by Crippen LogP contribution is -2.45. The number of benzene rings is 3. The van der Waals surface area contributed by atoms with Crippen molar-refractivity contribution in [1.82, 2.24) is 9.80 Å². The molecule has 0 spiro atoms. The molecule has 5 rings (SSSR count). The fourth-order valence-corrected chi connectivity index (χ4v) is 4.94. The number of alkyl halides is 3. The van der Waals surface area contributed by atoms with Gasteiger partial charge in [0.25, 0.3) is 5.76 Å². The number of phenolic OH excluding ortho intramolecular Hbond substituents is 1. The van der Waals surface area contributed by atoms with Crippen LogP contribution in [0.2, 0.25) is 0 Å². The van der Waals surface area contributed by atoms with Gasteiger partial charge in [-0.1, -0.05) is 37.3 Å². The molecular weight excluding hydrogens is 565 g/mol. The van der Waals surface area contributed by atoms with E-state index in [0.717, 1.165) is 19.6 Å². The summed E-state index contributed by atoms with van der Waals surface area (Å²) in [4.78, 5) is 29.7. The van der Waals surface area contributed by atoms with E-state index in [1.54, 1.807) is 0 Å². The highest BCUT2D eigenvalue weighted by Crippen LogP contribution is 2.40. The Morgan fingerprint density at radius 3 is 2.21 bits per heavy atom. The van der Waals surface area contributed by atoms with E-state index in [0.29, 0.717) is 19.5 Å². The molecular formula is C32H31F3N2O6. The smallest absolute Gasteiger partial charge is 0.453 e. The van der Waals surface area contributed by atoms with Crippen LogP contribution in [0.4, 0.5) is 13.2 Å². The van der Waals surface area contributed by atoms with E-state index in [1.807, 2.05) is 30.0 Å². The summed E-state index contributed by atoms with van der Waals surface area (Å²) in [7, 11) is 0. The lowest BCUT2D eigenvalue weighted by Gasteiger charge is -2.34. The number of rotatable bonds is 9. The van der Waals surface area contributed by atoms with E-state index in [-0.39, 0.29) is 46.7 Å². The average Bonchev–Trinajstić information content (AvgIpc) is 2.99. The van der Waals surface area contributed by atoms with Gasteiger partial charge in [0.05, 0.1) is 23.1 Å². The second kappa shape index (κ2) is 12.9. The van der Waals surface area contributed by atoms with E-state index < -0.39 is 29.1 Å². The van der Waals surface area contributed by atoms with Crippen LogP contribution in [0.3, 0.4) is 0 Å². The largest absolute Gasteiger partial charge is 0.507 e. The molecule has 0 atom stereocenters. The molecule has 0 bridgehead atoms. The van der Waals surface area contributed by atoms with E-state index in [1.165, 1.54) is 42.0 Å². The van der Waals surface area contributed by atoms with Crippen molar-refractivity contribution in [2.75, 3.05) is 32.8 Å². The number of esters is 1. The molecule has 0 saturated carbocycles. The van der Waals surface area contributed by atoms with Crippen LogP contribution in [-0.4, -0.2) is 53.7 Å². The molecule has 1 N–H and O–H groups in total. The van der Waals surface area contributed by atoms with Crippen molar-refractivity contribution >= 4 is 16.9 Å². The second-order valence-corrected chi connectivity index (χ2v) is 10.3. The van der Waals surface area contributed by atoms with Crippen LogP contribution in [-0.2, 0) is 24.0 Å². The monoisotopic (exact) mass is 596 g/mol. The van der Waals surface area contributed by atoms with E-state index in [4.69, 9.17) is 13.9 Å². The number of nitrogens with zero attached hydrogens (tertiary/aromatic N) is 2. The van der Waals surface area contributed by atoms with Gasteiger partial charge >= 0.3 is 12.1 Å². The van der Waals surface area contributed by atoms with Gasteiger partial charge in [-0.05, 0) is 48.4 Å². The number of phenols is 1. The van der Waals surface area contributed by atoms with Gasteiger partial charge in [0.1, 0.15) is 17.1 Å². The Labute approximate surface area is 245 Å². The normalized spacial score (nSPS) is 14.6. The van der Waals surface area contributed by atoms with Crippen LogP contribution in [0.15, 0.2) is 75.9 Å². The first-order chi connectivity index (χ1) is 20.6. The van der Waals surface area contributed by atoms with Crippen LogP contribution in [0.5, 0.6) is 17.2 Å². The summed E-state index contributed by atoms with van der Waals surface area (Å²) in [5.74, 6) is -3.60. The Hall–Kier alpha value is -4.35. The first-order valence-corrected chi connectivity index (χ1v) is 14.0. The van der Waals surface area contributed by atoms with Crippen LogP contribution in [0, 0.1) is 0 Å². The van der Waals surface area contributed by atoms with Crippen molar-refractivity contribution in [3.8, 4) is 17.2 Å². The highest BCUT2D eigenvalue weighted by atomic mass is 19.4. The summed E-state index contributed by atoms with van der Waals surface area (Å²) in [6.45, 7) is 5.63. The number of fused-ring (bicyclic) bond motifs is 1. The summed E-state index contributed by atoms with van der Waals surface area (Å²) < 4.78 is 58.4. The Kier molecular flexibility index (Phi) is 9.02. The van der Waals surface area contributed by atoms with Crippen LogP contribution >= 0.6 is 0 Å². The van der Waals surface area contributed by atoms with Gasteiger partial charge in [-0.3, -0.25) is 14.6 Å². The molecule has 1 aliphatic rings. The molecule has 1 aliphatic heterocycles. The van der Waals surface area contributed by atoms with Gasteiger partial charge in [0, 0.05) is 39.3 Å². The van der Waals surface area contributed by atoms with Gasteiger partial charge in [0.15, 0.2) is 0 Å². The molecule has 1 saturated heterocycles. The van der Waals surface area contributed by atoms with Crippen molar-refractivity contribution < 1.29 is 37.0 Å². The maximum atomic E-state index is 14.2. The van der Waals surface area contributed by atoms with Gasteiger partial charge < -0.3 is 19.0 Å². The zero-order valence-corrected chi connectivity index (χ0v) is 23.5. The van der Waals surface area contributed by atoms with Crippen molar-refractivity contribution in [2.45, 2.75) is 32.6 Å². The van der Waals surface area contributed by atoms with Gasteiger partial charge in [-0.2, -0.15) is 13.2 Å². The molecule has 0 aliphatic carbocycles. The first kappa shape index (κ1) is 30.1. The molecule has 2 heterocycles. The number of aromatic hydroxyl groups is 1. The predicted octanol–water partition coefficient (Wildman–Crippen LogP) is 6.19. The second-order valence-electron chi connectivity index (χ2n) is 10.3. The van der Waals surface area contributed by atoms with Crippen LogP contribution in [0.25, 0.3) is 11.0 Å². The zero-order chi connectivity index (χ0) is 30.6. The maximum Gasteiger partial charge on any atom is 0.453 e. The van der Waals surface area contributed by atoms with E-state index in [2.05, 4.69) is 17.0 Å². The summed E-state index contributed by atoms with van der Waals surface area (Å²) in [6.07, 6.45) is -4.44. The molecule has 43 heavy (non-hydrogen) atoms. The van der Waals surface area contributed by atoms with Crippen molar-refractivity contribution in [2.24, 2.45) is 0 Å². The SMILES string of the molecule is CCCOC(=O)c1ccc(Oc2c(C(F)(F)F)oc3c(CN4CCN(Cc5ccccc5)CC4)c(O)ccc3c2=O)cc1. The lowest BCUT2D eigenvalue weighted by molar-refractivity contribution is -0.154. The highest BCUT2D eigenvalue weighted by Gasteiger charge is 2.41. The fraction of sp³-hybridized carbons (Fsp3) is 0.312. The fourth-order valence-electron chi connectivity index (χ4n) is 4.94. The van der Waals surface area contributed by atoms with Gasteiger partial charge in [-0.15, -0.1) is 0 Å². The van der Waals surface area contributed by atoms with Crippen LogP contribution < -0.4 is 10.2 Å². The number of halogens is 3. The number of hydrogen-bond acceptors (Lipinski definition) is 8. The zero-order valence-electron chi connectivity index (χ0n) is 23.5. The summed E-state index contributed by atoms with van der Waals surface area (Å²) >= 11 is 0. The molecule has 0 radical (unpaired) electrons. The number of piperazine rings is 1. The number of ether oxygens (including phenoxy) is 2. The number of carbonyl (C=O) groups excluding carboxylic acids is 1. The molecule has 1 fully saturated rings. The van der Waals surface area contributed by atoms with Crippen molar-refractivity contribution in [3.05, 3.63) is 99.4 Å². The molecule has 3 aromatic carbocycles. The maximum absolute atomic E-state index is 14.2. The topological polar surface area (TPSA) is 92.5 Å². The van der Waals surface area contributed by atoms with E-state index >= 15 is 0 Å². The molecule has 4 aromatic rings. The molecule has 1 aromatic heterocycles. The minimum Gasteiger partial charge on any atom is -0.507 e. The molecule has 0 unspecified atom stereocenters. The Bertz CT molecular complexity index is 1630. The molecule has 0 amide bonds. The van der Waals surface area contributed by atoms with Crippen molar-refractivity contribution in [3.63, 3.8) is 0 Å². The Balaban J connectivity index is 1.40. The summed E-state index contributed by atoms with van der Waals surface area (Å²) in [5, 5.41) is 10.5. The van der Waals surface area contributed by atoms with Crippen molar-refractivity contribution in [1.29, 1.82) is 0 Å². The van der Waals surface area contributed by atoms with E-state index in [9.17, 15) is 27.9 Å². The number of hydrogen-bond donors (Lipinski definition) is 1. The molecule has 11 heteroatoms. The average molecular weight is 597 g/mol. The lowest BCUT2D eigenvalue weighted by atomic mass is 10.1. The molecule has 226 valence electrons. The minimum absolute atomic E-state index is 0.0955. The molecule has 8 nitrogen and oxygen atoms in total. The Morgan fingerprint density at radius 1 is 0.930 bits per heavy atom. The summed E-state index contributed by atoms with van der Waals surface area (Å²) in [6, 6.07) is 17.7. The minimum atomic E-state index is -5.07. The quantitative estimate of drug-likeness (QED) is 0.229. The van der Waals surface area contributed by atoms with Gasteiger partial charge in [-0.25, -0.2) is 4.79 Å².